The molecule has 0 saturated heterocycles. The lowest BCUT2D eigenvalue weighted by Crippen LogP contribution is -2.14. The molecule has 0 fully saturated rings. The van der Waals surface area contributed by atoms with Crippen molar-refractivity contribution < 1.29 is 9.53 Å². The van der Waals surface area contributed by atoms with Crippen LogP contribution in [0.5, 0.6) is 5.75 Å². The quantitative estimate of drug-likeness (QED) is 0.560. The number of pyridine rings is 1. The number of rotatable bonds is 8. The highest BCUT2D eigenvalue weighted by molar-refractivity contribution is 5.92. The van der Waals surface area contributed by atoms with E-state index in [1.165, 1.54) is 11.1 Å². The van der Waals surface area contributed by atoms with Crippen LogP contribution in [0.15, 0.2) is 60.8 Å². The van der Waals surface area contributed by atoms with E-state index in [0.717, 1.165) is 35.7 Å². The van der Waals surface area contributed by atoms with Crippen molar-refractivity contribution in [3.63, 3.8) is 0 Å². The van der Waals surface area contributed by atoms with E-state index in [-0.39, 0.29) is 5.91 Å². The summed E-state index contributed by atoms with van der Waals surface area (Å²) in [6.45, 7) is 4.30. The third-order valence-electron chi connectivity index (χ3n) is 4.82. The van der Waals surface area contributed by atoms with Crippen LogP contribution in [-0.4, -0.2) is 18.0 Å². The molecular weight excluding hydrogens is 362 g/mol. The van der Waals surface area contributed by atoms with Gasteiger partial charge in [-0.3, -0.25) is 4.79 Å². The molecule has 150 valence electrons. The molecule has 0 saturated carbocycles. The highest BCUT2D eigenvalue weighted by Crippen LogP contribution is 2.26. The standard InChI is InChI=1S/C24H27N3O2/c1-4-18-7-6-8-19(5-2)24(18)27-22-14-11-20(16-25-22)26-23(28)15-17-9-12-21(29-3)13-10-17/h6-14,16H,4-5,15H2,1-3H3,(H,25,27)(H,26,28). The van der Waals surface area contributed by atoms with Crippen molar-refractivity contribution in [2.24, 2.45) is 0 Å². The van der Waals surface area contributed by atoms with Gasteiger partial charge in [0, 0.05) is 5.69 Å². The molecule has 0 unspecified atom stereocenters. The molecule has 0 aliphatic rings. The fraction of sp³-hybridized carbons (Fsp3) is 0.250. The number of nitrogens with zero attached hydrogens (tertiary/aromatic N) is 1. The van der Waals surface area contributed by atoms with Gasteiger partial charge in [-0.2, -0.15) is 0 Å². The van der Waals surface area contributed by atoms with Crippen LogP contribution in [-0.2, 0) is 24.1 Å². The van der Waals surface area contributed by atoms with Crippen LogP contribution in [0.1, 0.15) is 30.5 Å². The zero-order valence-corrected chi connectivity index (χ0v) is 17.2. The molecule has 0 aliphatic carbocycles. The summed E-state index contributed by atoms with van der Waals surface area (Å²) in [6, 6.07) is 17.6. The molecule has 0 aliphatic heterocycles. The second-order valence-corrected chi connectivity index (χ2v) is 6.79. The zero-order valence-electron chi connectivity index (χ0n) is 17.2. The van der Waals surface area contributed by atoms with Gasteiger partial charge >= 0.3 is 0 Å². The number of carbonyl (C=O) groups is 1. The summed E-state index contributed by atoms with van der Waals surface area (Å²) < 4.78 is 5.14. The Hall–Kier alpha value is -3.34. The van der Waals surface area contributed by atoms with Gasteiger partial charge in [0.1, 0.15) is 11.6 Å². The first-order chi connectivity index (χ1) is 14.1. The Morgan fingerprint density at radius 1 is 0.966 bits per heavy atom. The van der Waals surface area contributed by atoms with E-state index in [9.17, 15) is 4.79 Å². The normalized spacial score (nSPS) is 10.4. The topological polar surface area (TPSA) is 63.2 Å². The summed E-state index contributed by atoms with van der Waals surface area (Å²) in [4.78, 5) is 16.8. The van der Waals surface area contributed by atoms with E-state index in [4.69, 9.17) is 4.74 Å². The van der Waals surface area contributed by atoms with Gasteiger partial charge in [-0.05, 0) is 53.8 Å². The predicted molar refractivity (Wildman–Crippen MR) is 118 cm³/mol. The number of hydrogen-bond acceptors (Lipinski definition) is 4. The van der Waals surface area contributed by atoms with Crippen LogP contribution in [0.4, 0.5) is 17.2 Å². The van der Waals surface area contributed by atoms with Crippen molar-refractivity contribution in [2.75, 3.05) is 17.7 Å². The van der Waals surface area contributed by atoms with Crippen LogP contribution < -0.4 is 15.4 Å². The molecule has 2 aromatic carbocycles. The van der Waals surface area contributed by atoms with Crippen molar-refractivity contribution >= 4 is 23.1 Å². The van der Waals surface area contributed by atoms with E-state index in [2.05, 4.69) is 47.7 Å². The average molecular weight is 389 g/mol. The first kappa shape index (κ1) is 20.4. The summed E-state index contributed by atoms with van der Waals surface area (Å²) in [6.07, 6.45) is 3.88. The van der Waals surface area contributed by atoms with Crippen molar-refractivity contribution in [3.8, 4) is 5.75 Å². The number of ether oxygens (including phenoxy) is 1. The molecule has 0 radical (unpaired) electrons. The Kier molecular flexibility index (Phi) is 6.85. The number of benzene rings is 2. The predicted octanol–water partition coefficient (Wildman–Crippen LogP) is 5.14. The Balaban J connectivity index is 1.63. The lowest BCUT2D eigenvalue weighted by atomic mass is 10.0. The average Bonchev–Trinajstić information content (AvgIpc) is 2.75. The number of aryl methyl sites for hydroxylation is 2. The highest BCUT2D eigenvalue weighted by Gasteiger charge is 2.08. The SMILES string of the molecule is CCc1cccc(CC)c1Nc1ccc(NC(=O)Cc2ccc(OC)cc2)cn1. The van der Waals surface area contributed by atoms with Crippen molar-refractivity contribution in [3.05, 3.63) is 77.5 Å². The van der Waals surface area contributed by atoms with E-state index >= 15 is 0 Å². The third kappa shape index (κ3) is 5.35. The number of nitrogens with one attached hydrogen (secondary N) is 2. The molecule has 1 heterocycles. The van der Waals surface area contributed by atoms with Gasteiger partial charge in [0.2, 0.25) is 5.91 Å². The van der Waals surface area contributed by atoms with Crippen LogP contribution in [0.25, 0.3) is 0 Å². The molecule has 3 aromatic rings. The second-order valence-electron chi connectivity index (χ2n) is 6.79. The summed E-state index contributed by atoms with van der Waals surface area (Å²) >= 11 is 0. The molecule has 0 bridgehead atoms. The fourth-order valence-corrected chi connectivity index (χ4v) is 3.21. The highest BCUT2D eigenvalue weighted by atomic mass is 16.5. The molecule has 5 heteroatoms. The molecule has 0 spiro atoms. The maximum atomic E-state index is 12.3. The van der Waals surface area contributed by atoms with Gasteiger partial charge in [0.15, 0.2) is 0 Å². The van der Waals surface area contributed by atoms with Gasteiger partial charge in [0.05, 0.1) is 25.4 Å². The van der Waals surface area contributed by atoms with E-state index in [1.807, 2.05) is 36.4 Å². The summed E-state index contributed by atoms with van der Waals surface area (Å²) in [7, 11) is 1.62. The Morgan fingerprint density at radius 2 is 1.66 bits per heavy atom. The van der Waals surface area contributed by atoms with Crippen LogP contribution in [0.2, 0.25) is 0 Å². The Bertz CT molecular complexity index is 929. The minimum atomic E-state index is -0.0812. The first-order valence-corrected chi connectivity index (χ1v) is 9.89. The third-order valence-corrected chi connectivity index (χ3v) is 4.82. The molecule has 1 aromatic heterocycles. The van der Waals surface area contributed by atoms with E-state index in [1.54, 1.807) is 13.3 Å². The van der Waals surface area contributed by atoms with Crippen molar-refractivity contribution in [2.45, 2.75) is 33.1 Å². The number of aromatic nitrogens is 1. The maximum Gasteiger partial charge on any atom is 0.228 e. The van der Waals surface area contributed by atoms with Crippen LogP contribution >= 0.6 is 0 Å². The summed E-state index contributed by atoms with van der Waals surface area (Å²) in [5.74, 6) is 1.45. The number of para-hydroxylation sites is 1. The van der Waals surface area contributed by atoms with Gasteiger partial charge in [-0.15, -0.1) is 0 Å². The number of anilines is 3. The molecule has 0 atom stereocenters. The molecule has 3 rings (SSSR count). The molecular formula is C24H27N3O2. The van der Waals surface area contributed by atoms with Gasteiger partial charge in [-0.1, -0.05) is 44.2 Å². The van der Waals surface area contributed by atoms with E-state index in [0.29, 0.717) is 12.1 Å². The summed E-state index contributed by atoms with van der Waals surface area (Å²) in [5.41, 5.74) is 5.26. The van der Waals surface area contributed by atoms with Crippen molar-refractivity contribution in [1.82, 2.24) is 4.98 Å². The Morgan fingerprint density at radius 3 is 2.21 bits per heavy atom. The molecule has 5 nitrogen and oxygen atoms in total. The van der Waals surface area contributed by atoms with Crippen molar-refractivity contribution in [1.29, 1.82) is 0 Å². The molecule has 29 heavy (non-hydrogen) atoms. The first-order valence-electron chi connectivity index (χ1n) is 9.89. The molecule has 1 amide bonds. The number of methoxy groups -OCH3 is 1. The van der Waals surface area contributed by atoms with Crippen LogP contribution in [0.3, 0.4) is 0 Å². The number of amides is 1. The Labute approximate surface area is 172 Å². The minimum absolute atomic E-state index is 0.0812. The minimum Gasteiger partial charge on any atom is -0.497 e. The second kappa shape index (κ2) is 9.73. The lowest BCUT2D eigenvalue weighted by molar-refractivity contribution is -0.115. The van der Waals surface area contributed by atoms with Gasteiger partial charge < -0.3 is 15.4 Å². The fourth-order valence-electron chi connectivity index (χ4n) is 3.21. The number of carbonyl (C=O) groups excluding carboxylic acids is 1. The van der Waals surface area contributed by atoms with E-state index < -0.39 is 0 Å². The maximum absolute atomic E-state index is 12.3. The zero-order chi connectivity index (χ0) is 20.6. The summed E-state index contributed by atoms with van der Waals surface area (Å²) in [5, 5.41) is 6.33. The van der Waals surface area contributed by atoms with Gasteiger partial charge in [-0.25, -0.2) is 4.98 Å². The number of hydrogen-bond donors (Lipinski definition) is 2. The smallest absolute Gasteiger partial charge is 0.228 e. The van der Waals surface area contributed by atoms with Crippen LogP contribution in [0, 0.1) is 0 Å². The monoisotopic (exact) mass is 389 g/mol. The lowest BCUT2D eigenvalue weighted by Gasteiger charge is -2.15. The molecule has 2 N–H and O–H groups in total. The van der Waals surface area contributed by atoms with Gasteiger partial charge in [0.25, 0.3) is 0 Å². The largest absolute Gasteiger partial charge is 0.497 e.